The van der Waals surface area contributed by atoms with Crippen LogP contribution in [0.15, 0.2) is 41.1 Å². The molecule has 1 saturated carbocycles. The Labute approximate surface area is 249 Å². The minimum atomic E-state index is -1.22. The van der Waals surface area contributed by atoms with Crippen molar-refractivity contribution in [1.29, 1.82) is 0 Å². The molecule has 1 spiro atoms. The average Bonchev–Trinajstić information content (AvgIpc) is 3.66. The van der Waals surface area contributed by atoms with Crippen molar-refractivity contribution in [3.8, 4) is 16.5 Å². The fourth-order valence-corrected chi connectivity index (χ4v) is 7.92. The Balaban J connectivity index is 1.45. The van der Waals surface area contributed by atoms with Crippen LogP contribution in [0.1, 0.15) is 73.0 Å². The predicted octanol–water partition coefficient (Wildman–Crippen LogP) is 5.95. The van der Waals surface area contributed by atoms with Crippen molar-refractivity contribution in [3.05, 3.63) is 53.4 Å². The number of oxazole rings is 1. The van der Waals surface area contributed by atoms with Crippen LogP contribution in [0, 0.1) is 18.3 Å². The van der Waals surface area contributed by atoms with Crippen molar-refractivity contribution in [1.82, 2.24) is 4.98 Å². The van der Waals surface area contributed by atoms with Crippen LogP contribution in [0.2, 0.25) is 0 Å². The van der Waals surface area contributed by atoms with Gasteiger partial charge in [0.05, 0.1) is 36.4 Å². The minimum absolute atomic E-state index is 0.0393. The number of para-hydroxylation sites is 1. The molecular weight excluding hydrogens is 556 g/mol. The van der Waals surface area contributed by atoms with Crippen LogP contribution in [-0.4, -0.2) is 55.4 Å². The van der Waals surface area contributed by atoms with E-state index in [-0.39, 0.29) is 36.0 Å². The molecule has 1 atom stereocenters. The third-order valence-corrected chi connectivity index (χ3v) is 10.4. The highest BCUT2D eigenvalue weighted by Gasteiger charge is 2.56. The number of aromatic nitrogens is 1. The fraction of sp³-hybridized carbons (Fsp3) is 0.500. The highest BCUT2D eigenvalue weighted by molar-refractivity contribution is 7.20. The highest BCUT2D eigenvalue weighted by atomic mass is 32.1. The average molecular weight is 593 g/mol. The van der Waals surface area contributed by atoms with E-state index in [2.05, 4.69) is 4.98 Å². The van der Waals surface area contributed by atoms with Crippen molar-refractivity contribution >= 4 is 33.8 Å². The lowest BCUT2D eigenvalue weighted by Crippen LogP contribution is -2.55. The number of methoxy groups -OCH3 is 1. The van der Waals surface area contributed by atoms with E-state index in [4.69, 9.17) is 18.6 Å². The molecule has 0 radical (unpaired) electrons. The Hall–Kier alpha value is -3.34. The quantitative estimate of drug-likeness (QED) is 0.295. The summed E-state index contributed by atoms with van der Waals surface area (Å²) in [6.45, 7) is 4.93. The van der Waals surface area contributed by atoms with Gasteiger partial charge in [-0.25, -0.2) is 4.98 Å². The zero-order valence-corrected chi connectivity index (χ0v) is 25.0. The molecule has 1 aromatic carbocycles. The Kier molecular flexibility index (Phi) is 8.04. The van der Waals surface area contributed by atoms with Crippen molar-refractivity contribution in [2.45, 2.75) is 64.6 Å². The topological polar surface area (TPSA) is 108 Å². The van der Waals surface area contributed by atoms with Crippen molar-refractivity contribution < 1.29 is 33.0 Å². The number of fused-ring (bicyclic) bond motifs is 1. The smallest absolute Gasteiger partial charge is 0.241 e. The number of carbonyl (C=O) groups is 3. The number of rotatable bonds is 8. The van der Waals surface area contributed by atoms with E-state index < -0.39 is 11.5 Å². The summed E-state index contributed by atoms with van der Waals surface area (Å²) >= 11 is 1.35. The van der Waals surface area contributed by atoms with Crippen molar-refractivity contribution in [3.63, 3.8) is 0 Å². The fourth-order valence-electron chi connectivity index (χ4n) is 6.66. The number of benzene rings is 1. The van der Waals surface area contributed by atoms with Crippen molar-refractivity contribution in [2.24, 2.45) is 11.3 Å². The monoisotopic (exact) mass is 592 g/mol. The Morgan fingerprint density at radius 1 is 1.17 bits per heavy atom. The van der Waals surface area contributed by atoms with Gasteiger partial charge in [0.25, 0.3) is 0 Å². The number of carbonyl (C=O) groups excluding carboxylic acids is 3. The summed E-state index contributed by atoms with van der Waals surface area (Å²) < 4.78 is 23.7. The third-order valence-electron chi connectivity index (χ3n) is 9.09. The number of hydrogen-bond acceptors (Lipinski definition) is 9. The molecule has 0 bridgehead atoms. The van der Waals surface area contributed by atoms with Gasteiger partial charge in [-0.15, -0.1) is 11.3 Å². The van der Waals surface area contributed by atoms with Gasteiger partial charge in [0.15, 0.2) is 5.78 Å². The molecule has 1 aliphatic carbocycles. The molecule has 2 aromatic heterocycles. The van der Waals surface area contributed by atoms with Crippen LogP contribution in [0.5, 0.6) is 5.75 Å². The summed E-state index contributed by atoms with van der Waals surface area (Å²) in [5.41, 5.74) is 0.919. The van der Waals surface area contributed by atoms with E-state index in [1.807, 2.05) is 31.2 Å². The van der Waals surface area contributed by atoms with Crippen LogP contribution in [-0.2, 0) is 19.1 Å². The van der Waals surface area contributed by atoms with E-state index in [0.717, 1.165) is 28.8 Å². The van der Waals surface area contributed by atoms with Crippen LogP contribution in [0.3, 0.4) is 0 Å². The molecule has 3 aromatic rings. The molecule has 2 fully saturated rings. The van der Waals surface area contributed by atoms with E-state index >= 15 is 0 Å². The lowest BCUT2D eigenvalue weighted by Gasteiger charge is -2.44. The normalized spacial score (nSPS) is 23.7. The molecular formula is C32H36N2O7S. The van der Waals surface area contributed by atoms with Crippen LogP contribution >= 0.6 is 11.3 Å². The lowest BCUT2D eigenvalue weighted by molar-refractivity contribution is -0.131. The molecule has 222 valence electrons. The molecule has 1 amide bonds. The molecule has 4 heterocycles. The van der Waals surface area contributed by atoms with Gasteiger partial charge in [-0.3, -0.25) is 19.3 Å². The predicted molar refractivity (Wildman–Crippen MR) is 157 cm³/mol. The number of Topliss-reactive ketones (excluding diaryl/α,β-unsaturated/α-hetero) is 2. The second-order valence-corrected chi connectivity index (χ2v) is 12.5. The molecule has 0 N–H and O–H groups in total. The summed E-state index contributed by atoms with van der Waals surface area (Å²) in [4.78, 5) is 48.0. The summed E-state index contributed by atoms with van der Waals surface area (Å²) in [5, 5.41) is 0.588. The first-order chi connectivity index (χ1) is 20.3. The van der Waals surface area contributed by atoms with E-state index in [1.165, 1.54) is 17.6 Å². The first kappa shape index (κ1) is 28.8. The molecule has 3 aliphatic rings. The minimum Gasteiger partial charge on any atom is -0.496 e. The zero-order chi connectivity index (χ0) is 29.4. The summed E-state index contributed by atoms with van der Waals surface area (Å²) in [6, 6.07) is 7.70. The third kappa shape index (κ3) is 4.99. The second-order valence-electron chi connectivity index (χ2n) is 11.5. The number of anilines is 1. The number of thiophene rings is 1. The van der Waals surface area contributed by atoms with Gasteiger partial charge in [-0.05, 0) is 64.0 Å². The molecule has 10 heteroatoms. The lowest BCUT2D eigenvalue weighted by atomic mass is 9.64. The summed E-state index contributed by atoms with van der Waals surface area (Å²) in [5.74, 6) is 0.688. The van der Waals surface area contributed by atoms with E-state index in [1.54, 1.807) is 25.1 Å². The molecule has 1 saturated heterocycles. The summed E-state index contributed by atoms with van der Waals surface area (Å²) in [6.07, 6.45) is 5.75. The van der Waals surface area contributed by atoms with Gasteiger partial charge in [0.2, 0.25) is 11.8 Å². The van der Waals surface area contributed by atoms with E-state index in [0.29, 0.717) is 61.1 Å². The van der Waals surface area contributed by atoms with Crippen LogP contribution in [0.4, 0.5) is 5.00 Å². The van der Waals surface area contributed by atoms with Gasteiger partial charge < -0.3 is 18.6 Å². The largest absolute Gasteiger partial charge is 0.496 e. The molecule has 9 nitrogen and oxygen atoms in total. The number of ether oxygens (including phenoxy) is 3. The molecule has 1 unspecified atom stereocenters. The number of nitrogens with zero attached hydrogens (tertiary/aromatic N) is 2. The standard InChI is InChI=1S/C32H36N2O7S/c1-19-26-28(36)32(12-8-21(9-13-32)20(2)35)31(37)34(30(26)42-27(19)29-33-14-17-40-29)18-25(41-22-10-15-39-16-11-22)23-6-4-5-7-24(23)38-3/h4-7,14,17,21-22,25H,8-13,15-16,18H2,1-3H3. The molecule has 6 rings (SSSR count). The molecule has 2 aliphatic heterocycles. The maximum absolute atomic E-state index is 14.7. The maximum Gasteiger partial charge on any atom is 0.241 e. The molecule has 42 heavy (non-hydrogen) atoms. The maximum atomic E-state index is 14.7. The summed E-state index contributed by atoms with van der Waals surface area (Å²) in [7, 11) is 1.63. The van der Waals surface area contributed by atoms with Crippen LogP contribution in [0.25, 0.3) is 10.8 Å². The Bertz CT molecular complexity index is 1470. The van der Waals surface area contributed by atoms with Crippen LogP contribution < -0.4 is 9.64 Å². The number of amides is 1. The van der Waals surface area contributed by atoms with E-state index in [9.17, 15) is 14.4 Å². The van der Waals surface area contributed by atoms with Gasteiger partial charge in [0.1, 0.15) is 34.3 Å². The highest BCUT2D eigenvalue weighted by Crippen LogP contribution is 2.53. The van der Waals surface area contributed by atoms with Gasteiger partial charge in [-0.2, -0.15) is 0 Å². The van der Waals surface area contributed by atoms with Crippen molar-refractivity contribution in [2.75, 3.05) is 31.8 Å². The number of ketones is 2. The Morgan fingerprint density at radius 3 is 2.57 bits per heavy atom. The Morgan fingerprint density at radius 2 is 1.90 bits per heavy atom. The SMILES string of the molecule is COc1ccccc1C(CN1C(=O)C2(CCC(C(C)=O)CC2)C(=O)c2c1sc(-c1ncco1)c2C)OC1CCOCC1. The number of hydrogen-bond donors (Lipinski definition) is 0. The van der Waals surface area contributed by atoms with Gasteiger partial charge in [-0.1, -0.05) is 18.2 Å². The van der Waals surface area contributed by atoms with Gasteiger partial charge >= 0.3 is 0 Å². The zero-order valence-electron chi connectivity index (χ0n) is 24.2. The first-order valence-corrected chi connectivity index (χ1v) is 15.4. The second kappa shape index (κ2) is 11.7. The first-order valence-electron chi connectivity index (χ1n) is 14.6. The van der Waals surface area contributed by atoms with Gasteiger partial charge in [0, 0.05) is 24.7 Å².